The second kappa shape index (κ2) is 4.82. The molecule has 0 aliphatic heterocycles. The number of Topliss-reactive ketones (excluding diaryl/α,β-unsaturated/α-hetero) is 1. The fourth-order valence-electron chi connectivity index (χ4n) is 1.16. The molecule has 1 nitrogen and oxygen atoms in total. The molecule has 0 amide bonds. The first-order valence-corrected chi connectivity index (χ1v) is 4.68. The van der Waals surface area contributed by atoms with Crippen LogP contribution in [0.1, 0.15) is 12.0 Å². The van der Waals surface area contributed by atoms with Gasteiger partial charge in [0.05, 0.1) is 0 Å². The summed E-state index contributed by atoms with van der Waals surface area (Å²) in [6.45, 7) is 0. The Hall–Kier alpha value is -1.10. The van der Waals surface area contributed by atoms with E-state index in [1.807, 2.05) is 0 Å². The van der Waals surface area contributed by atoms with Crippen LogP contribution in [-0.2, 0) is 11.2 Å². The summed E-state index contributed by atoms with van der Waals surface area (Å²) in [6.07, 6.45) is -6.47. The van der Waals surface area contributed by atoms with E-state index < -0.39 is 30.6 Å². The number of benzene rings is 1. The van der Waals surface area contributed by atoms with Crippen LogP contribution in [0, 0.1) is 5.82 Å². The van der Waals surface area contributed by atoms with Crippen LogP contribution in [0.15, 0.2) is 18.2 Å². The lowest BCUT2D eigenvalue weighted by Gasteiger charge is -2.06. The van der Waals surface area contributed by atoms with E-state index in [1.165, 1.54) is 6.07 Å². The van der Waals surface area contributed by atoms with Gasteiger partial charge in [-0.2, -0.15) is 13.2 Å². The Bertz CT molecular complexity index is 400. The quantitative estimate of drug-likeness (QED) is 0.754. The van der Waals surface area contributed by atoms with Crippen LogP contribution in [0.5, 0.6) is 0 Å². The molecule has 0 saturated heterocycles. The highest BCUT2D eigenvalue weighted by atomic mass is 35.5. The van der Waals surface area contributed by atoms with Gasteiger partial charge < -0.3 is 0 Å². The average molecular weight is 255 g/mol. The zero-order valence-corrected chi connectivity index (χ0v) is 8.70. The van der Waals surface area contributed by atoms with E-state index in [0.29, 0.717) is 0 Å². The van der Waals surface area contributed by atoms with Gasteiger partial charge in [0.2, 0.25) is 0 Å². The number of hydrogen-bond donors (Lipinski definition) is 0. The zero-order chi connectivity index (χ0) is 12.3. The Labute approximate surface area is 94.0 Å². The van der Waals surface area contributed by atoms with Crippen LogP contribution < -0.4 is 0 Å². The minimum absolute atomic E-state index is 0.0458. The van der Waals surface area contributed by atoms with Gasteiger partial charge >= 0.3 is 6.18 Å². The van der Waals surface area contributed by atoms with Crippen molar-refractivity contribution in [2.24, 2.45) is 0 Å². The number of carbonyl (C=O) groups excluding carboxylic acids is 1. The highest BCUT2D eigenvalue weighted by Gasteiger charge is 2.31. The van der Waals surface area contributed by atoms with Gasteiger partial charge in [0.1, 0.15) is 18.0 Å². The average Bonchev–Trinajstić information content (AvgIpc) is 2.06. The minimum atomic E-state index is -4.52. The van der Waals surface area contributed by atoms with Gasteiger partial charge in [-0.1, -0.05) is 17.7 Å². The third-order valence-corrected chi connectivity index (χ3v) is 2.15. The summed E-state index contributed by atoms with van der Waals surface area (Å²) in [4.78, 5) is 11.0. The molecule has 0 aliphatic carbocycles. The molecule has 0 bridgehead atoms. The van der Waals surface area contributed by atoms with Crippen molar-refractivity contribution in [1.29, 1.82) is 0 Å². The second-order valence-electron chi connectivity index (χ2n) is 3.24. The van der Waals surface area contributed by atoms with E-state index in [4.69, 9.17) is 11.6 Å². The number of ketones is 1. The zero-order valence-electron chi connectivity index (χ0n) is 7.94. The first-order valence-electron chi connectivity index (χ1n) is 4.30. The molecule has 0 unspecified atom stereocenters. The van der Waals surface area contributed by atoms with Crippen molar-refractivity contribution in [1.82, 2.24) is 0 Å². The van der Waals surface area contributed by atoms with Gasteiger partial charge in [-0.05, 0) is 17.7 Å². The predicted octanol–water partition coefficient (Wildman–Crippen LogP) is 3.54. The molecule has 0 atom stereocenters. The van der Waals surface area contributed by atoms with Gasteiger partial charge in [0, 0.05) is 11.4 Å². The normalized spacial score (nSPS) is 11.6. The lowest BCUT2D eigenvalue weighted by atomic mass is 10.1. The maximum absolute atomic E-state index is 12.6. The van der Waals surface area contributed by atoms with Crippen molar-refractivity contribution in [3.63, 3.8) is 0 Å². The molecule has 0 aromatic heterocycles. The molecule has 1 aromatic rings. The number of alkyl halides is 3. The Morgan fingerprint density at radius 2 is 1.94 bits per heavy atom. The molecule has 0 spiro atoms. The van der Waals surface area contributed by atoms with Crippen LogP contribution in [-0.4, -0.2) is 12.0 Å². The molecular weight excluding hydrogens is 248 g/mol. The van der Waals surface area contributed by atoms with Crippen LogP contribution >= 0.6 is 11.6 Å². The molecule has 0 fully saturated rings. The van der Waals surface area contributed by atoms with Crippen molar-refractivity contribution < 1.29 is 22.4 Å². The molecular formula is C10H7ClF4O. The number of carbonyl (C=O) groups is 1. The summed E-state index contributed by atoms with van der Waals surface area (Å²) in [7, 11) is 0. The Kier molecular flexibility index (Phi) is 3.91. The molecule has 0 aliphatic rings. The minimum Gasteiger partial charge on any atom is -0.299 e. The van der Waals surface area contributed by atoms with E-state index in [0.717, 1.165) is 12.1 Å². The lowest BCUT2D eigenvalue weighted by molar-refractivity contribution is -0.151. The number of halogens is 5. The van der Waals surface area contributed by atoms with Crippen LogP contribution in [0.2, 0.25) is 5.02 Å². The Balaban J connectivity index is 2.70. The first-order chi connectivity index (χ1) is 7.28. The highest BCUT2D eigenvalue weighted by molar-refractivity contribution is 6.31. The molecule has 1 rings (SSSR count). The van der Waals surface area contributed by atoms with E-state index in [9.17, 15) is 22.4 Å². The predicted molar refractivity (Wildman–Crippen MR) is 50.8 cm³/mol. The Morgan fingerprint density at radius 1 is 1.31 bits per heavy atom. The first kappa shape index (κ1) is 13.0. The summed E-state index contributed by atoms with van der Waals surface area (Å²) >= 11 is 5.57. The molecule has 6 heteroatoms. The van der Waals surface area contributed by atoms with Gasteiger partial charge in [-0.15, -0.1) is 0 Å². The van der Waals surface area contributed by atoms with Gasteiger partial charge in [-0.25, -0.2) is 4.39 Å². The van der Waals surface area contributed by atoms with E-state index in [2.05, 4.69) is 0 Å². The van der Waals surface area contributed by atoms with Crippen LogP contribution in [0.3, 0.4) is 0 Å². The largest absolute Gasteiger partial charge is 0.395 e. The topological polar surface area (TPSA) is 17.1 Å². The van der Waals surface area contributed by atoms with E-state index >= 15 is 0 Å². The van der Waals surface area contributed by atoms with Crippen molar-refractivity contribution in [2.45, 2.75) is 19.0 Å². The molecule has 0 heterocycles. The summed E-state index contributed by atoms with van der Waals surface area (Å²) in [5.41, 5.74) is 0.192. The van der Waals surface area contributed by atoms with Gasteiger partial charge in [0.25, 0.3) is 0 Å². The van der Waals surface area contributed by atoms with Crippen LogP contribution in [0.4, 0.5) is 17.6 Å². The van der Waals surface area contributed by atoms with Crippen molar-refractivity contribution in [2.75, 3.05) is 0 Å². The maximum atomic E-state index is 12.6. The van der Waals surface area contributed by atoms with Gasteiger partial charge in [0.15, 0.2) is 0 Å². The van der Waals surface area contributed by atoms with Crippen molar-refractivity contribution >= 4 is 17.4 Å². The summed E-state index contributed by atoms with van der Waals surface area (Å²) < 4.78 is 48.2. The van der Waals surface area contributed by atoms with E-state index in [-0.39, 0.29) is 10.6 Å². The fraction of sp³-hybridized carbons (Fsp3) is 0.300. The Morgan fingerprint density at radius 3 is 2.44 bits per heavy atom. The lowest BCUT2D eigenvalue weighted by Crippen LogP contribution is -2.16. The monoisotopic (exact) mass is 254 g/mol. The smallest absolute Gasteiger partial charge is 0.299 e. The number of rotatable bonds is 3. The third kappa shape index (κ3) is 4.18. The third-order valence-electron chi connectivity index (χ3n) is 1.80. The molecule has 0 saturated carbocycles. The summed E-state index contributed by atoms with van der Waals surface area (Å²) in [6, 6.07) is 3.20. The molecule has 1 aromatic carbocycles. The fourth-order valence-corrected chi connectivity index (χ4v) is 1.40. The second-order valence-corrected chi connectivity index (χ2v) is 3.65. The van der Waals surface area contributed by atoms with Crippen molar-refractivity contribution in [3.8, 4) is 0 Å². The summed E-state index contributed by atoms with van der Waals surface area (Å²) in [5.74, 6) is -1.60. The van der Waals surface area contributed by atoms with E-state index in [1.54, 1.807) is 0 Å². The molecule has 0 N–H and O–H groups in total. The SMILES string of the molecule is O=C(Cc1ccc(F)cc1Cl)CC(F)(F)F. The molecule has 16 heavy (non-hydrogen) atoms. The summed E-state index contributed by atoms with van der Waals surface area (Å²) in [5, 5.41) is -0.0458. The molecule has 0 radical (unpaired) electrons. The molecule has 88 valence electrons. The highest BCUT2D eigenvalue weighted by Crippen LogP contribution is 2.23. The number of hydrogen-bond acceptors (Lipinski definition) is 1. The van der Waals surface area contributed by atoms with Crippen LogP contribution in [0.25, 0.3) is 0 Å². The van der Waals surface area contributed by atoms with Crippen molar-refractivity contribution in [3.05, 3.63) is 34.6 Å². The standard InChI is InChI=1S/C10H7ClF4O/c11-9-4-7(12)2-1-6(9)3-8(16)5-10(13,14)15/h1-2,4H,3,5H2. The van der Waals surface area contributed by atoms with Gasteiger partial charge in [-0.3, -0.25) is 4.79 Å². The maximum Gasteiger partial charge on any atom is 0.395 e.